The highest BCUT2D eigenvalue weighted by Gasteiger charge is 2.00. The zero-order valence-electron chi connectivity index (χ0n) is 9.93. The average Bonchev–Trinajstić information content (AvgIpc) is 2.46. The summed E-state index contributed by atoms with van der Waals surface area (Å²) in [6.45, 7) is 1.20. The van der Waals surface area contributed by atoms with Gasteiger partial charge in [-0.15, -0.1) is 0 Å². The van der Waals surface area contributed by atoms with Crippen molar-refractivity contribution in [1.29, 1.82) is 5.26 Å². The summed E-state index contributed by atoms with van der Waals surface area (Å²) in [4.78, 5) is 4.16. The van der Waals surface area contributed by atoms with E-state index in [1.165, 1.54) is 0 Å². The van der Waals surface area contributed by atoms with Crippen LogP contribution in [0.5, 0.6) is 0 Å². The monoisotopic (exact) mass is 238 g/mol. The van der Waals surface area contributed by atoms with Gasteiger partial charge in [0.25, 0.3) is 0 Å². The summed E-state index contributed by atoms with van der Waals surface area (Å²) in [6, 6.07) is 13.6. The second-order valence-corrected chi connectivity index (χ2v) is 3.87. The minimum Gasteiger partial charge on any atom is -0.366 e. The number of nitriles is 1. The first-order valence-corrected chi connectivity index (χ1v) is 5.70. The molecule has 1 aromatic carbocycles. The van der Waals surface area contributed by atoms with Gasteiger partial charge >= 0.3 is 0 Å². The SMILES string of the molecule is N#Cc1ccc(NCc2ccccc2CN)nc1. The molecule has 2 aromatic rings. The highest BCUT2D eigenvalue weighted by atomic mass is 15.0. The maximum atomic E-state index is 8.68. The predicted octanol–water partition coefficient (Wildman–Crippen LogP) is 2.02. The molecule has 1 heterocycles. The van der Waals surface area contributed by atoms with E-state index in [9.17, 15) is 0 Å². The first-order chi connectivity index (χ1) is 8.83. The van der Waals surface area contributed by atoms with Gasteiger partial charge in [-0.3, -0.25) is 0 Å². The van der Waals surface area contributed by atoms with Crippen molar-refractivity contribution >= 4 is 5.82 Å². The Kier molecular flexibility index (Phi) is 3.90. The van der Waals surface area contributed by atoms with Crippen LogP contribution < -0.4 is 11.1 Å². The lowest BCUT2D eigenvalue weighted by Gasteiger charge is -2.09. The van der Waals surface area contributed by atoms with Gasteiger partial charge in [-0.05, 0) is 23.3 Å². The molecular formula is C14H14N4. The second kappa shape index (κ2) is 5.80. The van der Waals surface area contributed by atoms with Crippen LogP contribution in [0, 0.1) is 11.3 Å². The Morgan fingerprint density at radius 3 is 2.56 bits per heavy atom. The number of nitrogens with one attached hydrogen (secondary N) is 1. The normalized spacial score (nSPS) is 9.78. The van der Waals surface area contributed by atoms with Crippen LogP contribution in [-0.2, 0) is 13.1 Å². The van der Waals surface area contributed by atoms with Crippen LogP contribution in [0.25, 0.3) is 0 Å². The van der Waals surface area contributed by atoms with Crippen molar-refractivity contribution in [3.63, 3.8) is 0 Å². The minimum atomic E-state index is 0.526. The zero-order valence-corrected chi connectivity index (χ0v) is 9.93. The molecule has 90 valence electrons. The van der Waals surface area contributed by atoms with Crippen LogP contribution >= 0.6 is 0 Å². The number of nitrogens with two attached hydrogens (primary N) is 1. The number of nitrogens with zero attached hydrogens (tertiary/aromatic N) is 2. The van der Waals surface area contributed by atoms with Crippen LogP contribution in [0.4, 0.5) is 5.82 Å². The van der Waals surface area contributed by atoms with Gasteiger partial charge in [-0.25, -0.2) is 4.98 Å². The molecule has 0 saturated carbocycles. The van der Waals surface area contributed by atoms with Crippen molar-refractivity contribution in [2.75, 3.05) is 5.32 Å². The molecule has 0 radical (unpaired) electrons. The molecule has 4 heteroatoms. The average molecular weight is 238 g/mol. The predicted molar refractivity (Wildman–Crippen MR) is 70.6 cm³/mol. The fraction of sp³-hybridized carbons (Fsp3) is 0.143. The molecule has 0 aliphatic rings. The summed E-state index contributed by atoms with van der Waals surface area (Å²) < 4.78 is 0. The van der Waals surface area contributed by atoms with Gasteiger partial charge < -0.3 is 11.1 Å². The first-order valence-electron chi connectivity index (χ1n) is 5.70. The summed E-state index contributed by atoms with van der Waals surface area (Å²) in [6.07, 6.45) is 1.55. The van der Waals surface area contributed by atoms with E-state index in [0.29, 0.717) is 18.7 Å². The molecule has 0 spiro atoms. The second-order valence-electron chi connectivity index (χ2n) is 3.87. The Morgan fingerprint density at radius 2 is 1.94 bits per heavy atom. The van der Waals surface area contributed by atoms with E-state index >= 15 is 0 Å². The number of benzene rings is 1. The highest BCUT2D eigenvalue weighted by molar-refractivity contribution is 5.40. The number of rotatable bonds is 4. The smallest absolute Gasteiger partial charge is 0.126 e. The van der Waals surface area contributed by atoms with Gasteiger partial charge in [-0.2, -0.15) is 5.26 Å². The fourth-order valence-electron chi connectivity index (χ4n) is 1.68. The van der Waals surface area contributed by atoms with Crippen LogP contribution in [0.3, 0.4) is 0 Å². The molecule has 18 heavy (non-hydrogen) atoms. The van der Waals surface area contributed by atoms with E-state index < -0.39 is 0 Å². The van der Waals surface area contributed by atoms with Crippen molar-refractivity contribution in [3.8, 4) is 6.07 Å². The molecule has 1 aromatic heterocycles. The lowest BCUT2D eigenvalue weighted by atomic mass is 10.1. The maximum Gasteiger partial charge on any atom is 0.126 e. The largest absolute Gasteiger partial charge is 0.366 e. The Balaban J connectivity index is 2.04. The van der Waals surface area contributed by atoms with Crippen LogP contribution in [0.15, 0.2) is 42.6 Å². The standard InChI is InChI=1S/C14H14N4/c15-7-11-5-6-14(17-9-11)18-10-13-4-2-1-3-12(13)8-16/h1-6,9H,8,10,16H2,(H,17,18). The zero-order chi connectivity index (χ0) is 12.8. The quantitative estimate of drug-likeness (QED) is 0.854. The third-order valence-electron chi connectivity index (χ3n) is 2.69. The Labute approximate surface area is 106 Å². The number of hydrogen-bond acceptors (Lipinski definition) is 4. The lowest BCUT2D eigenvalue weighted by molar-refractivity contribution is 1.00. The highest BCUT2D eigenvalue weighted by Crippen LogP contribution is 2.11. The van der Waals surface area contributed by atoms with Gasteiger partial charge in [0.15, 0.2) is 0 Å². The van der Waals surface area contributed by atoms with Crippen LogP contribution in [0.1, 0.15) is 16.7 Å². The molecule has 0 bridgehead atoms. The molecule has 0 fully saturated rings. The number of anilines is 1. The van der Waals surface area contributed by atoms with Crippen molar-refractivity contribution in [2.45, 2.75) is 13.1 Å². The van der Waals surface area contributed by atoms with E-state index in [2.05, 4.69) is 10.3 Å². The van der Waals surface area contributed by atoms with Crippen molar-refractivity contribution in [3.05, 3.63) is 59.3 Å². The molecule has 0 atom stereocenters. The molecule has 3 N–H and O–H groups in total. The molecule has 0 aliphatic carbocycles. The van der Waals surface area contributed by atoms with Gasteiger partial charge in [-0.1, -0.05) is 24.3 Å². The van der Waals surface area contributed by atoms with Crippen LogP contribution in [-0.4, -0.2) is 4.98 Å². The van der Waals surface area contributed by atoms with Gasteiger partial charge in [0.05, 0.1) is 5.56 Å². The van der Waals surface area contributed by atoms with Crippen LogP contribution in [0.2, 0.25) is 0 Å². The van der Waals surface area contributed by atoms with E-state index in [1.54, 1.807) is 18.3 Å². The molecule has 4 nitrogen and oxygen atoms in total. The molecule has 2 rings (SSSR count). The first kappa shape index (κ1) is 12.1. The topological polar surface area (TPSA) is 74.7 Å². The van der Waals surface area contributed by atoms with E-state index in [1.807, 2.05) is 30.3 Å². The van der Waals surface area contributed by atoms with E-state index in [-0.39, 0.29) is 0 Å². The summed E-state index contributed by atoms with van der Waals surface area (Å²) in [5, 5.41) is 11.9. The fourth-order valence-corrected chi connectivity index (χ4v) is 1.68. The van der Waals surface area contributed by atoms with Crippen molar-refractivity contribution in [2.24, 2.45) is 5.73 Å². The van der Waals surface area contributed by atoms with E-state index in [4.69, 9.17) is 11.0 Å². The molecule has 0 aliphatic heterocycles. The Hall–Kier alpha value is -2.38. The molecule has 0 amide bonds. The summed E-state index contributed by atoms with van der Waals surface area (Å²) in [5.74, 6) is 0.751. The molecule has 0 unspecified atom stereocenters. The molecular weight excluding hydrogens is 224 g/mol. The summed E-state index contributed by atoms with van der Waals surface area (Å²) in [5.41, 5.74) is 8.52. The summed E-state index contributed by atoms with van der Waals surface area (Å²) in [7, 11) is 0. The lowest BCUT2D eigenvalue weighted by Crippen LogP contribution is -2.06. The number of hydrogen-bond donors (Lipinski definition) is 2. The van der Waals surface area contributed by atoms with E-state index in [0.717, 1.165) is 16.9 Å². The van der Waals surface area contributed by atoms with Gasteiger partial charge in [0, 0.05) is 19.3 Å². The molecule has 0 saturated heterocycles. The van der Waals surface area contributed by atoms with Gasteiger partial charge in [0.2, 0.25) is 0 Å². The minimum absolute atomic E-state index is 0.526. The Bertz CT molecular complexity index is 555. The third-order valence-corrected chi connectivity index (χ3v) is 2.69. The Morgan fingerprint density at radius 1 is 1.17 bits per heavy atom. The van der Waals surface area contributed by atoms with Crippen molar-refractivity contribution < 1.29 is 0 Å². The third kappa shape index (κ3) is 2.84. The van der Waals surface area contributed by atoms with Crippen molar-refractivity contribution in [1.82, 2.24) is 4.98 Å². The number of aromatic nitrogens is 1. The number of pyridine rings is 1. The summed E-state index contributed by atoms with van der Waals surface area (Å²) >= 11 is 0. The maximum absolute atomic E-state index is 8.68. The van der Waals surface area contributed by atoms with Gasteiger partial charge in [0.1, 0.15) is 11.9 Å².